The number of esters is 1. The summed E-state index contributed by atoms with van der Waals surface area (Å²) in [7, 11) is 2.64. The van der Waals surface area contributed by atoms with Crippen LogP contribution in [0.15, 0.2) is 0 Å². The Morgan fingerprint density at radius 1 is 1.33 bits per heavy atom. The molecule has 18 heavy (non-hydrogen) atoms. The smallest absolute Gasteiger partial charge is 0.329 e. The Kier molecular flexibility index (Phi) is 4.52. The Bertz CT molecular complexity index is 349. The number of carbonyl (C=O) groups is 3. The lowest BCUT2D eigenvalue weighted by atomic mass is 9.98. The minimum absolute atomic E-state index is 0.210. The van der Waals surface area contributed by atoms with Crippen molar-refractivity contribution >= 4 is 18.0 Å². The summed E-state index contributed by atoms with van der Waals surface area (Å²) in [6.07, 6.45) is 2.38. The highest BCUT2D eigenvalue weighted by Gasteiger charge is 2.43. The van der Waals surface area contributed by atoms with Crippen molar-refractivity contribution in [2.75, 3.05) is 20.7 Å². The third-order valence-corrected chi connectivity index (χ3v) is 3.15. The number of likely N-dealkylation sites (N-methyl/N-ethyl adjacent to an activating group) is 1. The average Bonchev–Trinajstić information content (AvgIpc) is 2.78. The number of amides is 2. The van der Waals surface area contributed by atoms with Crippen LogP contribution in [0.4, 0.5) is 4.79 Å². The molecule has 2 amide bonds. The van der Waals surface area contributed by atoms with Gasteiger partial charge in [0.25, 0.3) is 0 Å². The van der Waals surface area contributed by atoms with Crippen LogP contribution in [0.25, 0.3) is 0 Å². The fourth-order valence-corrected chi connectivity index (χ4v) is 2.00. The molecule has 1 aliphatic carbocycles. The molecule has 102 valence electrons. The van der Waals surface area contributed by atoms with E-state index in [1.54, 1.807) is 0 Å². The van der Waals surface area contributed by atoms with Crippen molar-refractivity contribution in [2.24, 2.45) is 0 Å². The van der Waals surface area contributed by atoms with Crippen LogP contribution in [0.2, 0.25) is 0 Å². The average molecular weight is 258 g/mol. The second kappa shape index (κ2) is 5.70. The van der Waals surface area contributed by atoms with Gasteiger partial charge in [0.15, 0.2) is 0 Å². The summed E-state index contributed by atoms with van der Waals surface area (Å²) in [5, 5.41) is 11.7. The van der Waals surface area contributed by atoms with E-state index in [4.69, 9.17) is 0 Å². The molecule has 0 aromatic rings. The molecular weight excluding hydrogens is 240 g/mol. The van der Waals surface area contributed by atoms with Gasteiger partial charge >= 0.3 is 18.0 Å². The van der Waals surface area contributed by atoms with E-state index in [9.17, 15) is 19.5 Å². The second-order valence-corrected chi connectivity index (χ2v) is 4.46. The normalized spacial score (nSPS) is 17.0. The van der Waals surface area contributed by atoms with E-state index in [-0.39, 0.29) is 6.54 Å². The molecule has 1 aliphatic rings. The van der Waals surface area contributed by atoms with Gasteiger partial charge < -0.3 is 20.1 Å². The summed E-state index contributed by atoms with van der Waals surface area (Å²) >= 11 is 0. The third kappa shape index (κ3) is 3.12. The summed E-state index contributed by atoms with van der Waals surface area (Å²) < 4.78 is 4.44. The number of ether oxygens (including phenoxy) is 1. The molecule has 7 heteroatoms. The Balaban J connectivity index is 2.62. The zero-order valence-electron chi connectivity index (χ0n) is 10.6. The topological polar surface area (TPSA) is 95.9 Å². The maximum absolute atomic E-state index is 11.8. The SMILES string of the molecule is COC(=O)CN(C)C(=O)NC1(C(=O)O)CCCC1. The number of hydrogen-bond acceptors (Lipinski definition) is 4. The first-order valence-corrected chi connectivity index (χ1v) is 5.75. The summed E-state index contributed by atoms with van der Waals surface area (Å²) in [4.78, 5) is 35.2. The van der Waals surface area contributed by atoms with Crippen LogP contribution in [0.3, 0.4) is 0 Å². The molecule has 1 saturated carbocycles. The number of methoxy groups -OCH3 is 1. The molecule has 7 nitrogen and oxygen atoms in total. The molecule has 2 N–H and O–H groups in total. The van der Waals surface area contributed by atoms with E-state index in [0.717, 1.165) is 17.7 Å². The van der Waals surface area contributed by atoms with Crippen molar-refractivity contribution in [3.05, 3.63) is 0 Å². The predicted molar refractivity (Wildman–Crippen MR) is 62.0 cm³/mol. The number of aliphatic carboxylic acids is 1. The lowest BCUT2D eigenvalue weighted by Crippen LogP contribution is -2.56. The van der Waals surface area contributed by atoms with Gasteiger partial charge in [-0.3, -0.25) is 4.79 Å². The molecule has 0 saturated heterocycles. The van der Waals surface area contributed by atoms with Gasteiger partial charge in [-0.1, -0.05) is 12.8 Å². The van der Waals surface area contributed by atoms with Gasteiger partial charge in [-0.2, -0.15) is 0 Å². The predicted octanol–water partition coefficient (Wildman–Crippen LogP) is 0.198. The molecule has 1 rings (SSSR count). The Morgan fingerprint density at radius 3 is 2.33 bits per heavy atom. The van der Waals surface area contributed by atoms with E-state index in [1.165, 1.54) is 14.2 Å². The van der Waals surface area contributed by atoms with Crippen LogP contribution in [-0.4, -0.2) is 54.2 Å². The summed E-state index contributed by atoms with van der Waals surface area (Å²) in [6, 6.07) is -0.579. The van der Waals surface area contributed by atoms with Gasteiger partial charge in [0.2, 0.25) is 0 Å². The molecule has 0 radical (unpaired) electrons. The standard InChI is InChI=1S/C11H18N2O5/c1-13(7-8(14)18-2)10(17)12-11(9(15)16)5-3-4-6-11/h3-7H2,1-2H3,(H,12,17)(H,15,16). The van der Waals surface area contributed by atoms with Gasteiger partial charge in [-0.25, -0.2) is 9.59 Å². The van der Waals surface area contributed by atoms with Gasteiger partial charge in [0.05, 0.1) is 7.11 Å². The fraction of sp³-hybridized carbons (Fsp3) is 0.727. The molecular formula is C11H18N2O5. The number of nitrogens with one attached hydrogen (secondary N) is 1. The van der Waals surface area contributed by atoms with Crippen molar-refractivity contribution in [1.29, 1.82) is 0 Å². The van der Waals surface area contributed by atoms with Gasteiger partial charge in [-0.05, 0) is 12.8 Å². The third-order valence-electron chi connectivity index (χ3n) is 3.15. The molecule has 0 bridgehead atoms. The second-order valence-electron chi connectivity index (χ2n) is 4.46. The summed E-state index contributed by atoms with van der Waals surface area (Å²) in [5.41, 5.74) is -1.19. The lowest BCUT2D eigenvalue weighted by molar-refractivity contribution is -0.144. The largest absolute Gasteiger partial charge is 0.480 e. The number of carboxylic acid groups (broad SMARTS) is 1. The first-order valence-electron chi connectivity index (χ1n) is 5.75. The molecule has 0 atom stereocenters. The highest BCUT2D eigenvalue weighted by molar-refractivity contribution is 5.88. The Morgan fingerprint density at radius 2 is 1.89 bits per heavy atom. The molecule has 0 aromatic heterocycles. The molecule has 0 heterocycles. The lowest BCUT2D eigenvalue weighted by Gasteiger charge is -2.28. The number of carboxylic acids is 1. The molecule has 0 aromatic carbocycles. The van der Waals surface area contributed by atoms with E-state index < -0.39 is 23.5 Å². The Hall–Kier alpha value is -1.79. The number of hydrogen-bond donors (Lipinski definition) is 2. The summed E-state index contributed by atoms with van der Waals surface area (Å²) in [5.74, 6) is -1.58. The first-order chi connectivity index (χ1) is 8.41. The van der Waals surface area contributed by atoms with Crippen molar-refractivity contribution in [3.8, 4) is 0 Å². The number of rotatable bonds is 4. The van der Waals surface area contributed by atoms with E-state index in [2.05, 4.69) is 10.1 Å². The highest BCUT2D eigenvalue weighted by Crippen LogP contribution is 2.30. The number of nitrogens with zero attached hydrogens (tertiary/aromatic N) is 1. The molecule has 0 unspecified atom stereocenters. The first kappa shape index (κ1) is 14.3. The van der Waals surface area contributed by atoms with Crippen molar-refractivity contribution < 1.29 is 24.2 Å². The highest BCUT2D eigenvalue weighted by atomic mass is 16.5. The van der Waals surface area contributed by atoms with Crippen LogP contribution in [0, 0.1) is 0 Å². The zero-order valence-corrected chi connectivity index (χ0v) is 10.6. The summed E-state index contributed by atoms with van der Waals surface area (Å²) in [6.45, 7) is -0.210. The van der Waals surface area contributed by atoms with Crippen LogP contribution < -0.4 is 5.32 Å². The van der Waals surface area contributed by atoms with Crippen molar-refractivity contribution in [2.45, 2.75) is 31.2 Å². The van der Waals surface area contributed by atoms with Gasteiger partial charge in [-0.15, -0.1) is 0 Å². The van der Waals surface area contributed by atoms with E-state index in [1.807, 2.05) is 0 Å². The number of carbonyl (C=O) groups excluding carboxylic acids is 2. The monoisotopic (exact) mass is 258 g/mol. The Labute approximate surface area is 105 Å². The van der Waals surface area contributed by atoms with Gasteiger partial charge in [0.1, 0.15) is 12.1 Å². The van der Waals surface area contributed by atoms with Crippen molar-refractivity contribution in [1.82, 2.24) is 10.2 Å². The zero-order chi connectivity index (χ0) is 13.8. The molecule has 0 spiro atoms. The maximum Gasteiger partial charge on any atom is 0.329 e. The van der Waals surface area contributed by atoms with E-state index in [0.29, 0.717) is 12.8 Å². The van der Waals surface area contributed by atoms with Gasteiger partial charge in [0, 0.05) is 7.05 Å². The molecule has 0 aliphatic heterocycles. The van der Waals surface area contributed by atoms with Crippen molar-refractivity contribution in [3.63, 3.8) is 0 Å². The van der Waals surface area contributed by atoms with Crippen LogP contribution in [0.1, 0.15) is 25.7 Å². The van der Waals surface area contributed by atoms with E-state index >= 15 is 0 Å². The molecule has 1 fully saturated rings. The minimum Gasteiger partial charge on any atom is -0.480 e. The number of urea groups is 1. The quantitative estimate of drug-likeness (QED) is 0.702. The minimum atomic E-state index is -1.19. The maximum atomic E-state index is 11.8. The van der Waals surface area contributed by atoms with Crippen LogP contribution in [-0.2, 0) is 14.3 Å². The van der Waals surface area contributed by atoms with Crippen LogP contribution >= 0.6 is 0 Å². The fourth-order valence-electron chi connectivity index (χ4n) is 2.00. The van der Waals surface area contributed by atoms with Crippen LogP contribution in [0.5, 0.6) is 0 Å².